The molecule has 9 aliphatic heterocycles. The highest BCUT2D eigenvalue weighted by molar-refractivity contribution is 5.82. The van der Waals surface area contributed by atoms with E-state index in [0.29, 0.717) is 66.7 Å². The zero-order valence-electron chi connectivity index (χ0n) is 54.8. The highest BCUT2D eigenvalue weighted by atomic mass is 16.7. The van der Waals surface area contributed by atoms with Crippen molar-refractivity contribution in [3.63, 3.8) is 0 Å². The molecule has 2 aliphatic carbocycles. The van der Waals surface area contributed by atoms with Crippen molar-refractivity contribution in [1.82, 2.24) is 0 Å². The molecule has 0 radical (unpaired) electrons. The first-order valence-electron chi connectivity index (χ1n) is 31.9. The van der Waals surface area contributed by atoms with Gasteiger partial charge in [0.15, 0.2) is 6.29 Å². The van der Waals surface area contributed by atoms with E-state index in [4.69, 9.17) is 47.4 Å². The summed E-state index contributed by atoms with van der Waals surface area (Å²) in [5.74, 6) is 9.88. The first-order chi connectivity index (χ1) is 39.6. The van der Waals surface area contributed by atoms with Crippen molar-refractivity contribution in [2.24, 2.45) is 35.5 Å². The van der Waals surface area contributed by atoms with Gasteiger partial charge in [0.1, 0.15) is 23.8 Å². The topological polar surface area (TPSA) is 181 Å². The molecule has 0 amide bonds. The Morgan fingerprint density at radius 3 is 1.24 bits per heavy atom. The summed E-state index contributed by atoms with van der Waals surface area (Å²) in [6, 6.07) is 0. The van der Waals surface area contributed by atoms with E-state index in [0.717, 1.165) is 176 Å². The minimum absolute atomic E-state index is 0. The summed E-state index contributed by atoms with van der Waals surface area (Å²) in [4.78, 5) is 42.7. The lowest BCUT2D eigenvalue weighted by molar-refractivity contribution is -0.168. The summed E-state index contributed by atoms with van der Waals surface area (Å²) in [5, 5.41) is 9.72. The number of hydrogen-bond donors (Lipinski definition) is 1. The van der Waals surface area contributed by atoms with Crippen LogP contribution in [-0.4, -0.2) is 105 Å². The van der Waals surface area contributed by atoms with Gasteiger partial charge in [0.25, 0.3) is 0 Å². The molecule has 1 N–H and O–H groups in total. The monoisotopic (exact) mass is 1230 g/mol. The zero-order valence-corrected chi connectivity index (χ0v) is 54.8. The highest BCUT2D eigenvalue weighted by Crippen LogP contribution is 2.29. The van der Waals surface area contributed by atoms with Crippen LogP contribution in [-0.2, 0) is 66.5 Å². The minimum atomic E-state index is -0.811. The highest BCUT2D eigenvalue weighted by Gasteiger charge is 2.36. The standard InChI is InChI=1S/C8H14O3.3C7H12O.C6H12O2.C6H10O2.3C6H10O.2C5H8O.3CH4/c1-3-8(10)4-6(2)11-7(9)5-8;1-6-3-4-8-7(2)5-6;1-6-3-4-7(2)8-5-6;1-6-4-2-3-5-7(6)8;1-7-6-4-2-3-5-8-6;1-5-3-2-4-6(7)8-5;1-5-3-6(2)7-4-5;1-5-3-4-6(2)7-5;1-5-3-2-4-6(5)7;1-4-3-6-5(4)2;1-4-3-5(2)6-4;;;/h6,10H,3-5H2,1-2H3;4*6H,2-5H2,1H3;5H,2-4H2,1H3;5H,2-4H2,1H3;6H,1,3-4H2,2H3;5H,2-4H2,1H3;4H,2-3H2,1H3;5H,1,3H2,2H3;3*1H4. The quantitative estimate of drug-likeness (QED) is 0.258. The lowest BCUT2D eigenvalue weighted by Gasteiger charge is -2.33. The summed E-state index contributed by atoms with van der Waals surface area (Å²) >= 11 is 0. The van der Waals surface area contributed by atoms with Crippen molar-refractivity contribution in [2.45, 2.75) is 289 Å². The van der Waals surface area contributed by atoms with Crippen molar-refractivity contribution >= 4 is 23.5 Å². The van der Waals surface area contributed by atoms with Crippen molar-refractivity contribution in [3.05, 3.63) is 74.0 Å². The van der Waals surface area contributed by atoms with Gasteiger partial charge in [-0.1, -0.05) is 117 Å². The van der Waals surface area contributed by atoms with Crippen molar-refractivity contribution < 1.29 is 71.7 Å². The molecule has 0 aromatic heterocycles. The van der Waals surface area contributed by atoms with Crippen LogP contribution < -0.4 is 0 Å². The molecule has 15 nitrogen and oxygen atoms in total. The minimum Gasteiger partial charge on any atom is -0.499 e. The van der Waals surface area contributed by atoms with Gasteiger partial charge in [-0.2, -0.15) is 0 Å². The third-order valence-corrected chi connectivity index (χ3v) is 15.6. The Labute approximate surface area is 531 Å². The summed E-state index contributed by atoms with van der Waals surface area (Å²) in [6.45, 7) is 48.9. The first kappa shape index (κ1) is 86.6. The fraction of sp³-hybridized carbons (Fsp3) is 0.778. The van der Waals surface area contributed by atoms with E-state index in [9.17, 15) is 24.3 Å². The molecule has 15 heteroatoms. The van der Waals surface area contributed by atoms with Gasteiger partial charge in [0.05, 0.1) is 85.2 Å². The molecular weight excluding hydrogens is 1100 g/mol. The van der Waals surface area contributed by atoms with Gasteiger partial charge in [-0.3, -0.25) is 19.2 Å². The molecule has 9 saturated heterocycles. The van der Waals surface area contributed by atoms with Gasteiger partial charge in [0, 0.05) is 89.3 Å². The number of allylic oxidation sites excluding steroid dienone is 4. The molecule has 87 heavy (non-hydrogen) atoms. The van der Waals surface area contributed by atoms with E-state index in [1.807, 2.05) is 34.6 Å². The lowest BCUT2D eigenvalue weighted by Crippen LogP contribution is -2.41. The largest absolute Gasteiger partial charge is 0.499 e. The molecule has 9 heterocycles. The number of methoxy groups -OCH3 is 1. The molecule has 0 spiro atoms. The third-order valence-electron chi connectivity index (χ3n) is 15.6. The van der Waals surface area contributed by atoms with Crippen LogP contribution in [0.15, 0.2) is 74.0 Å². The van der Waals surface area contributed by atoms with E-state index in [-0.39, 0.29) is 59.1 Å². The molecule has 0 bridgehead atoms. The fourth-order valence-corrected chi connectivity index (χ4v) is 9.65. The molecular formula is C72H130O15. The SMILES string of the molecule is C.C.C.C=C1CC(C)CCO1.C=C1CC(C)CO1.C=C1CC(C)O1.C=C1CCC(C)CO1.C=C1CCC(C)O1.C=C1OCC1C.CC1CCCC(=O)O1.CC1CCCC1=O.CC1CCCCC1=O.CCC1(O)CC(=O)OC(C)C1.COC1CCCCO1. The summed E-state index contributed by atoms with van der Waals surface area (Å²) in [5.41, 5.74) is -0.811. The van der Waals surface area contributed by atoms with Crippen LogP contribution in [0, 0.1) is 35.5 Å². The van der Waals surface area contributed by atoms with Gasteiger partial charge in [-0.05, 0) is 129 Å². The molecule has 11 rings (SSSR count). The molecule has 11 fully saturated rings. The van der Waals surface area contributed by atoms with Crippen LogP contribution in [0.5, 0.6) is 0 Å². The van der Waals surface area contributed by atoms with Gasteiger partial charge in [-0.15, -0.1) is 0 Å². The van der Waals surface area contributed by atoms with Crippen LogP contribution in [0.3, 0.4) is 0 Å². The van der Waals surface area contributed by atoms with E-state index < -0.39 is 5.60 Å². The second kappa shape index (κ2) is 49.2. The first-order valence-corrected chi connectivity index (χ1v) is 31.9. The van der Waals surface area contributed by atoms with Crippen LogP contribution in [0.1, 0.15) is 253 Å². The maximum atomic E-state index is 10.9. The zero-order chi connectivity index (χ0) is 63.2. The Morgan fingerprint density at radius 2 is 0.977 bits per heavy atom. The van der Waals surface area contributed by atoms with Crippen LogP contribution >= 0.6 is 0 Å². The normalized spacial score (nSPS) is 30.4. The molecule has 508 valence electrons. The second-order valence-electron chi connectivity index (χ2n) is 24.8. The number of carbonyl (C=O) groups excluding carboxylic acids is 4. The smallest absolute Gasteiger partial charge is 0.308 e. The van der Waals surface area contributed by atoms with Gasteiger partial charge < -0.3 is 52.5 Å². The van der Waals surface area contributed by atoms with Crippen LogP contribution in [0.25, 0.3) is 0 Å². The van der Waals surface area contributed by atoms with Crippen molar-refractivity contribution in [3.8, 4) is 0 Å². The maximum absolute atomic E-state index is 10.9. The maximum Gasteiger partial charge on any atom is 0.308 e. The number of ketones is 2. The van der Waals surface area contributed by atoms with Gasteiger partial charge in [0.2, 0.25) is 0 Å². The Hall–Kier alpha value is -4.60. The average molecular weight is 1240 g/mol. The number of Topliss-reactive ketones (excluding diaryl/α,β-unsaturated/α-hetero) is 2. The molecule has 11 aliphatic rings. The van der Waals surface area contributed by atoms with E-state index in [1.54, 1.807) is 14.0 Å². The average Bonchev–Trinajstić information content (AvgIpc) is 4.17. The van der Waals surface area contributed by atoms with E-state index in [2.05, 4.69) is 74.1 Å². The van der Waals surface area contributed by atoms with Crippen molar-refractivity contribution in [2.75, 3.05) is 40.1 Å². The van der Waals surface area contributed by atoms with Crippen LogP contribution in [0.2, 0.25) is 0 Å². The van der Waals surface area contributed by atoms with E-state index >= 15 is 0 Å². The Bertz CT molecular complexity index is 1910. The summed E-state index contributed by atoms with van der Waals surface area (Å²) in [6.07, 6.45) is 24.8. The Morgan fingerprint density at radius 1 is 0.460 bits per heavy atom. The second-order valence-corrected chi connectivity index (χ2v) is 24.8. The number of ether oxygens (including phenoxy) is 10. The van der Waals surface area contributed by atoms with Crippen LogP contribution in [0.4, 0.5) is 0 Å². The predicted octanol–water partition coefficient (Wildman–Crippen LogP) is 17.8. The summed E-state index contributed by atoms with van der Waals surface area (Å²) in [7, 11) is 1.69. The lowest BCUT2D eigenvalue weighted by atomic mass is 9.88. The molecule has 12 atom stereocenters. The molecule has 12 unspecified atom stereocenters. The Kier molecular flexibility index (Phi) is 49.0. The number of carbonyl (C=O) groups is 4. The molecule has 2 saturated carbocycles. The number of hydrogen-bond acceptors (Lipinski definition) is 15. The third kappa shape index (κ3) is 43.7. The Balaban J connectivity index is -0.000000892. The molecule has 0 aromatic rings. The number of cyclic esters (lactones) is 2. The number of rotatable bonds is 2. The van der Waals surface area contributed by atoms with E-state index in [1.165, 1.54) is 32.1 Å². The summed E-state index contributed by atoms with van der Waals surface area (Å²) < 4.78 is 50.3. The predicted molar refractivity (Wildman–Crippen MR) is 354 cm³/mol. The van der Waals surface area contributed by atoms with Gasteiger partial charge in [-0.25, -0.2) is 0 Å². The molecule has 0 aromatic carbocycles. The van der Waals surface area contributed by atoms with Crippen molar-refractivity contribution in [1.29, 1.82) is 0 Å². The number of esters is 2. The fourth-order valence-electron chi connectivity index (χ4n) is 9.65. The number of aliphatic hydroxyl groups is 1. The van der Waals surface area contributed by atoms with Gasteiger partial charge >= 0.3 is 11.9 Å².